The average molecular weight is 283 g/mol. The first kappa shape index (κ1) is 13.2. The normalized spacial score (nSPS) is 14.7. The number of methoxy groups -OCH3 is 2. The molecule has 3 heteroatoms. The number of aryl methyl sites for hydroxylation is 1. The van der Waals surface area contributed by atoms with E-state index >= 15 is 0 Å². The first-order valence-corrected chi connectivity index (χ1v) is 8.70. The van der Waals surface area contributed by atoms with Gasteiger partial charge < -0.3 is 9.47 Å². The molecule has 2 aromatic rings. The predicted octanol–water partition coefficient (Wildman–Crippen LogP) is 2.26. The molecule has 0 saturated heterocycles. The van der Waals surface area contributed by atoms with Crippen molar-refractivity contribution in [2.45, 2.75) is 18.9 Å². The van der Waals surface area contributed by atoms with Crippen LogP contribution in [0, 0.1) is 0 Å². The maximum absolute atomic E-state index is 5.48. The van der Waals surface area contributed by atoms with Crippen molar-refractivity contribution in [3.63, 3.8) is 0 Å². The van der Waals surface area contributed by atoms with Gasteiger partial charge in [0, 0.05) is 0 Å². The molecule has 3 rings (SSSR count). The van der Waals surface area contributed by atoms with Gasteiger partial charge in [-0.3, -0.25) is 0 Å². The van der Waals surface area contributed by atoms with E-state index in [1.54, 1.807) is 14.2 Å². The largest absolute Gasteiger partial charge is 0.493 e. The van der Waals surface area contributed by atoms with Gasteiger partial charge in [-0.2, -0.15) is 0 Å². The van der Waals surface area contributed by atoms with Crippen LogP contribution in [0.2, 0.25) is 6.04 Å². The van der Waals surface area contributed by atoms with Crippen LogP contribution in [0.4, 0.5) is 0 Å². The Morgan fingerprint density at radius 1 is 0.950 bits per heavy atom. The molecule has 1 radical (unpaired) electrons. The molecule has 0 aliphatic carbocycles. The molecule has 2 aromatic carbocycles. The maximum atomic E-state index is 5.48. The van der Waals surface area contributed by atoms with Crippen molar-refractivity contribution in [1.29, 1.82) is 0 Å². The quantitative estimate of drug-likeness (QED) is 0.805. The molecule has 0 unspecified atom stereocenters. The van der Waals surface area contributed by atoms with Crippen LogP contribution in [-0.4, -0.2) is 23.0 Å². The Hall–Kier alpha value is -1.74. The van der Waals surface area contributed by atoms with Crippen molar-refractivity contribution in [2.24, 2.45) is 0 Å². The fourth-order valence-electron chi connectivity index (χ4n) is 2.94. The van der Waals surface area contributed by atoms with Gasteiger partial charge >= 0.3 is 0 Å². The smallest absolute Gasteiger partial charge is 0.160 e. The summed E-state index contributed by atoms with van der Waals surface area (Å²) < 4.78 is 10.9. The highest BCUT2D eigenvalue weighted by atomic mass is 28.3. The van der Waals surface area contributed by atoms with E-state index in [2.05, 4.69) is 42.5 Å². The van der Waals surface area contributed by atoms with Crippen LogP contribution in [0.3, 0.4) is 0 Å². The summed E-state index contributed by atoms with van der Waals surface area (Å²) in [4.78, 5) is 0. The number of benzene rings is 2. The summed E-state index contributed by atoms with van der Waals surface area (Å²) in [5, 5.41) is 2.98. The molecule has 2 nitrogen and oxygen atoms in total. The number of hydrogen-bond acceptors (Lipinski definition) is 2. The number of fused-ring (bicyclic) bond motifs is 1. The molecule has 0 fully saturated rings. The van der Waals surface area contributed by atoms with Crippen LogP contribution >= 0.6 is 0 Å². The van der Waals surface area contributed by atoms with Gasteiger partial charge in [0.2, 0.25) is 0 Å². The van der Waals surface area contributed by atoms with Crippen LogP contribution in [-0.2, 0) is 6.42 Å². The summed E-state index contributed by atoms with van der Waals surface area (Å²) in [5.74, 6) is 1.70. The zero-order valence-corrected chi connectivity index (χ0v) is 13.0. The number of rotatable bonds is 3. The third-order valence-corrected chi connectivity index (χ3v) is 6.93. The van der Waals surface area contributed by atoms with Crippen molar-refractivity contribution in [3.05, 3.63) is 48.0 Å². The van der Waals surface area contributed by atoms with E-state index < -0.39 is 8.80 Å². The fraction of sp³-hybridized carbons (Fsp3) is 0.294. The standard InChI is InChI=1S/C17H19O2Si/c1-18-15-11-13-7-6-10-20(14-8-4-3-5-9-14)17(13)12-16(15)19-2/h3-5,8-9,11-12H,6-7,10H2,1-2H3. The zero-order valence-electron chi connectivity index (χ0n) is 12.0. The molecule has 0 amide bonds. The molecule has 0 N–H and O–H groups in total. The van der Waals surface area contributed by atoms with Crippen molar-refractivity contribution >= 4 is 19.2 Å². The molecular formula is C17H19O2Si. The summed E-state index contributed by atoms with van der Waals surface area (Å²) in [6.07, 6.45) is 2.42. The lowest BCUT2D eigenvalue weighted by Gasteiger charge is -2.25. The van der Waals surface area contributed by atoms with Gasteiger partial charge in [0.25, 0.3) is 0 Å². The highest BCUT2D eigenvalue weighted by Crippen LogP contribution is 2.29. The Morgan fingerprint density at radius 2 is 1.65 bits per heavy atom. The molecule has 1 aliphatic rings. The molecular weight excluding hydrogens is 264 g/mol. The molecule has 0 atom stereocenters. The van der Waals surface area contributed by atoms with Gasteiger partial charge in [-0.05, 0) is 29.3 Å². The molecule has 0 bridgehead atoms. The lowest BCUT2D eigenvalue weighted by Crippen LogP contribution is -2.46. The monoisotopic (exact) mass is 283 g/mol. The summed E-state index contributed by atoms with van der Waals surface area (Å²) in [5.41, 5.74) is 1.44. The fourth-order valence-corrected chi connectivity index (χ4v) is 5.82. The minimum Gasteiger partial charge on any atom is -0.493 e. The van der Waals surface area contributed by atoms with Crippen LogP contribution in [0.5, 0.6) is 11.5 Å². The van der Waals surface area contributed by atoms with Gasteiger partial charge in [-0.25, -0.2) is 0 Å². The Balaban J connectivity index is 2.08. The van der Waals surface area contributed by atoms with Gasteiger partial charge in [-0.15, -0.1) is 0 Å². The SMILES string of the molecule is COc1cc2c(cc1OC)[Si](c1ccccc1)CCC2. The Morgan fingerprint density at radius 3 is 2.35 bits per heavy atom. The second kappa shape index (κ2) is 5.71. The van der Waals surface area contributed by atoms with Crippen LogP contribution < -0.4 is 19.8 Å². The minimum atomic E-state index is -0.674. The predicted molar refractivity (Wildman–Crippen MR) is 84.1 cm³/mol. The summed E-state index contributed by atoms with van der Waals surface area (Å²) >= 11 is 0. The topological polar surface area (TPSA) is 18.5 Å². The van der Waals surface area contributed by atoms with E-state index in [1.165, 1.54) is 28.4 Å². The molecule has 0 spiro atoms. The maximum Gasteiger partial charge on any atom is 0.160 e. The van der Waals surface area contributed by atoms with Gasteiger partial charge in [0.15, 0.2) is 11.5 Å². The highest BCUT2D eigenvalue weighted by molar-refractivity contribution is 6.85. The average Bonchev–Trinajstić information content (AvgIpc) is 2.53. The third-order valence-electron chi connectivity index (χ3n) is 3.93. The van der Waals surface area contributed by atoms with Crippen LogP contribution in [0.1, 0.15) is 12.0 Å². The second-order valence-corrected chi connectivity index (χ2v) is 7.64. The molecule has 0 saturated carbocycles. The second-order valence-electron chi connectivity index (χ2n) is 5.06. The van der Waals surface area contributed by atoms with Gasteiger partial charge in [-0.1, -0.05) is 48.0 Å². The molecule has 0 aromatic heterocycles. The van der Waals surface area contributed by atoms with Crippen LogP contribution in [0.25, 0.3) is 0 Å². The lowest BCUT2D eigenvalue weighted by atomic mass is 10.1. The minimum absolute atomic E-state index is 0.674. The summed E-state index contributed by atoms with van der Waals surface area (Å²) in [6, 6.07) is 16.6. The van der Waals surface area contributed by atoms with E-state index in [0.29, 0.717) is 0 Å². The molecule has 1 aliphatic heterocycles. The van der Waals surface area contributed by atoms with Gasteiger partial charge in [0.05, 0.1) is 14.2 Å². The van der Waals surface area contributed by atoms with E-state index in [9.17, 15) is 0 Å². The first-order valence-electron chi connectivity index (χ1n) is 7.00. The third kappa shape index (κ3) is 2.34. The molecule has 103 valence electrons. The van der Waals surface area contributed by atoms with E-state index in [0.717, 1.165) is 17.9 Å². The number of ether oxygens (including phenoxy) is 2. The van der Waals surface area contributed by atoms with Gasteiger partial charge in [0.1, 0.15) is 8.80 Å². The van der Waals surface area contributed by atoms with Crippen molar-refractivity contribution in [3.8, 4) is 11.5 Å². The van der Waals surface area contributed by atoms with Crippen molar-refractivity contribution in [1.82, 2.24) is 0 Å². The zero-order chi connectivity index (χ0) is 13.9. The van der Waals surface area contributed by atoms with E-state index in [4.69, 9.17) is 9.47 Å². The van der Waals surface area contributed by atoms with Crippen molar-refractivity contribution < 1.29 is 9.47 Å². The lowest BCUT2D eigenvalue weighted by molar-refractivity contribution is 0.355. The molecule has 20 heavy (non-hydrogen) atoms. The Kier molecular flexibility index (Phi) is 3.78. The Bertz CT molecular complexity index is 595. The Labute approximate surface area is 122 Å². The first-order chi connectivity index (χ1) is 9.83. The molecule has 1 heterocycles. The van der Waals surface area contributed by atoms with Crippen LogP contribution in [0.15, 0.2) is 42.5 Å². The summed E-state index contributed by atoms with van der Waals surface area (Å²) in [7, 11) is 2.74. The van der Waals surface area contributed by atoms with Crippen molar-refractivity contribution in [2.75, 3.05) is 14.2 Å². The summed E-state index contributed by atoms with van der Waals surface area (Å²) in [6.45, 7) is 0. The number of hydrogen-bond donors (Lipinski definition) is 0. The highest BCUT2D eigenvalue weighted by Gasteiger charge is 2.25. The van der Waals surface area contributed by atoms with E-state index in [-0.39, 0.29) is 0 Å². The van der Waals surface area contributed by atoms with E-state index in [1.807, 2.05) is 0 Å².